The SMILES string of the molecule is CC[C@]1(C=O)CCC(NC(C)=O)C(C[C@@H](C)O)O1. The van der Waals surface area contributed by atoms with Crippen molar-refractivity contribution in [3.05, 3.63) is 0 Å². The summed E-state index contributed by atoms with van der Waals surface area (Å²) in [5.41, 5.74) is -0.755. The van der Waals surface area contributed by atoms with E-state index in [9.17, 15) is 14.7 Å². The molecule has 5 nitrogen and oxygen atoms in total. The van der Waals surface area contributed by atoms with E-state index in [1.54, 1.807) is 6.92 Å². The number of aldehydes is 1. The van der Waals surface area contributed by atoms with E-state index in [1.165, 1.54) is 6.92 Å². The Balaban J connectivity index is 2.77. The van der Waals surface area contributed by atoms with Crippen molar-refractivity contribution in [2.24, 2.45) is 0 Å². The lowest BCUT2D eigenvalue weighted by Gasteiger charge is -2.42. The highest BCUT2D eigenvalue weighted by molar-refractivity contribution is 5.73. The van der Waals surface area contributed by atoms with Gasteiger partial charge in [-0.3, -0.25) is 4.79 Å². The third kappa shape index (κ3) is 3.78. The molecule has 0 aromatic rings. The number of hydrogen-bond donors (Lipinski definition) is 2. The van der Waals surface area contributed by atoms with Gasteiger partial charge in [-0.15, -0.1) is 0 Å². The predicted molar refractivity (Wildman–Crippen MR) is 67.1 cm³/mol. The van der Waals surface area contributed by atoms with E-state index in [1.807, 2.05) is 6.92 Å². The Kier molecular flexibility index (Phi) is 5.28. The first-order valence-electron chi connectivity index (χ1n) is 6.51. The van der Waals surface area contributed by atoms with Crippen LogP contribution in [0.25, 0.3) is 0 Å². The zero-order valence-electron chi connectivity index (χ0n) is 11.3. The molecule has 1 heterocycles. The summed E-state index contributed by atoms with van der Waals surface area (Å²) in [5, 5.41) is 12.3. The van der Waals surface area contributed by atoms with Gasteiger partial charge in [-0.25, -0.2) is 0 Å². The Morgan fingerprint density at radius 3 is 2.78 bits per heavy atom. The van der Waals surface area contributed by atoms with Crippen LogP contribution in [0.3, 0.4) is 0 Å². The molecule has 0 bridgehead atoms. The van der Waals surface area contributed by atoms with Crippen LogP contribution in [0.15, 0.2) is 0 Å². The third-order valence-corrected chi connectivity index (χ3v) is 3.49. The standard InChI is InChI=1S/C13H23NO4/c1-4-13(8-15)6-5-11(14-10(3)17)12(18-13)7-9(2)16/h8-9,11-12,16H,4-7H2,1-3H3,(H,14,17)/t9-,11?,12?,13-/m1/s1. The molecule has 4 atom stereocenters. The molecule has 1 rings (SSSR count). The minimum atomic E-state index is -0.755. The monoisotopic (exact) mass is 257 g/mol. The summed E-state index contributed by atoms with van der Waals surface area (Å²) in [5.74, 6) is -0.116. The molecule has 1 fully saturated rings. The second-order valence-corrected chi connectivity index (χ2v) is 5.12. The van der Waals surface area contributed by atoms with Crippen LogP contribution in [-0.2, 0) is 14.3 Å². The van der Waals surface area contributed by atoms with E-state index in [2.05, 4.69) is 5.32 Å². The Hall–Kier alpha value is -0.940. The molecule has 5 heteroatoms. The second-order valence-electron chi connectivity index (χ2n) is 5.12. The maximum absolute atomic E-state index is 11.2. The molecule has 0 aromatic carbocycles. The largest absolute Gasteiger partial charge is 0.393 e. The van der Waals surface area contributed by atoms with Crippen LogP contribution in [0.2, 0.25) is 0 Å². The van der Waals surface area contributed by atoms with Crippen molar-refractivity contribution < 1.29 is 19.4 Å². The zero-order chi connectivity index (χ0) is 13.8. The fourth-order valence-corrected chi connectivity index (χ4v) is 2.43. The number of ether oxygens (including phenoxy) is 1. The minimum absolute atomic E-state index is 0.116. The number of aliphatic hydroxyl groups is 1. The van der Waals surface area contributed by atoms with E-state index >= 15 is 0 Å². The average molecular weight is 257 g/mol. The van der Waals surface area contributed by atoms with Crippen LogP contribution < -0.4 is 5.32 Å². The summed E-state index contributed by atoms with van der Waals surface area (Å²) < 4.78 is 5.85. The Labute approximate surface area is 108 Å². The molecule has 0 aliphatic carbocycles. The van der Waals surface area contributed by atoms with Crippen LogP contribution in [0.1, 0.15) is 46.5 Å². The highest BCUT2D eigenvalue weighted by Crippen LogP contribution is 2.32. The highest BCUT2D eigenvalue weighted by Gasteiger charge is 2.41. The van der Waals surface area contributed by atoms with Gasteiger partial charge in [-0.1, -0.05) is 6.92 Å². The van der Waals surface area contributed by atoms with Crippen molar-refractivity contribution in [1.29, 1.82) is 0 Å². The number of carbonyl (C=O) groups is 2. The Morgan fingerprint density at radius 2 is 2.33 bits per heavy atom. The van der Waals surface area contributed by atoms with Crippen LogP contribution in [0, 0.1) is 0 Å². The summed E-state index contributed by atoms with van der Waals surface area (Å²) in [4.78, 5) is 22.3. The van der Waals surface area contributed by atoms with E-state index in [4.69, 9.17) is 4.74 Å². The van der Waals surface area contributed by atoms with Gasteiger partial charge in [-0.2, -0.15) is 0 Å². The van der Waals surface area contributed by atoms with Crippen molar-refractivity contribution in [3.63, 3.8) is 0 Å². The van der Waals surface area contributed by atoms with Gasteiger partial charge >= 0.3 is 0 Å². The molecular weight excluding hydrogens is 234 g/mol. The van der Waals surface area contributed by atoms with E-state index < -0.39 is 11.7 Å². The number of carbonyl (C=O) groups excluding carboxylic acids is 2. The van der Waals surface area contributed by atoms with Gasteiger partial charge in [0.15, 0.2) is 6.29 Å². The third-order valence-electron chi connectivity index (χ3n) is 3.49. The van der Waals surface area contributed by atoms with Crippen LogP contribution in [0.5, 0.6) is 0 Å². The summed E-state index contributed by atoms with van der Waals surface area (Å²) in [6.45, 7) is 5.05. The molecule has 0 spiro atoms. The van der Waals surface area contributed by atoms with Gasteiger partial charge < -0.3 is 20.0 Å². The molecule has 1 amide bonds. The van der Waals surface area contributed by atoms with E-state index in [-0.39, 0.29) is 18.1 Å². The molecule has 2 unspecified atom stereocenters. The van der Waals surface area contributed by atoms with Gasteiger partial charge in [0, 0.05) is 13.3 Å². The molecule has 1 aliphatic rings. The lowest BCUT2D eigenvalue weighted by Crippen LogP contribution is -2.54. The van der Waals surface area contributed by atoms with Crippen LogP contribution in [-0.4, -0.2) is 41.2 Å². The van der Waals surface area contributed by atoms with Crippen molar-refractivity contribution in [1.82, 2.24) is 5.32 Å². The molecule has 0 radical (unpaired) electrons. The van der Waals surface area contributed by atoms with Crippen molar-refractivity contribution in [2.45, 2.75) is 70.3 Å². The molecule has 1 saturated heterocycles. The first-order chi connectivity index (χ1) is 8.42. The highest BCUT2D eigenvalue weighted by atomic mass is 16.5. The van der Waals surface area contributed by atoms with Crippen LogP contribution >= 0.6 is 0 Å². The minimum Gasteiger partial charge on any atom is -0.393 e. The Bertz CT molecular complexity index is 305. The quantitative estimate of drug-likeness (QED) is 0.714. The maximum atomic E-state index is 11.2. The second kappa shape index (κ2) is 6.29. The fraction of sp³-hybridized carbons (Fsp3) is 0.846. The van der Waals surface area contributed by atoms with Crippen molar-refractivity contribution >= 4 is 12.2 Å². The van der Waals surface area contributed by atoms with Gasteiger partial charge in [0.25, 0.3) is 0 Å². The van der Waals surface area contributed by atoms with Gasteiger partial charge in [0.1, 0.15) is 5.60 Å². The topological polar surface area (TPSA) is 75.6 Å². The lowest BCUT2D eigenvalue weighted by molar-refractivity contribution is -0.164. The van der Waals surface area contributed by atoms with Gasteiger partial charge in [0.2, 0.25) is 5.91 Å². The van der Waals surface area contributed by atoms with Crippen molar-refractivity contribution in [3.8, 4) is 0 Å². The molecule has 1 aliphatic heterocycles. The molecule has 2 N–H and O–H groups in total. The van der Waals surface area contributed by atoms with E-state index in [0.29, 0.717) is 25.7 Å². The molecule has 0 aromatic heterocycles. The first kappa shape index (κ1) is 15.1. The first-order valence-corrected chi connectivity index (χ1v) is 6.51. The number of hydrogen-bond acceptors (Lipinski definition) is 4. The van der Waals surface area contributed by atoms with E-state index in [0.717, 1.165) is 6.29 Å². The molecular formula is C13H23NO4. The van der Waals surface area contributed by atoms with Gasteiger partial charge in [0.05, 0.1) is 18.2 Å². The van der Waals surface area contributed by atoms with Crippen molar-refractivity contribution in [2.75, 3.05) is 0 Å². The number of nitrogens with one attached hydrogen (secondary N) is 1. The summed E-state index contributed by atoms with van der Waals surface area (Å²) in [7, 11) is 0. The summed E-state index contributed by atoms with van der Waals surface area (Å²) >= 11 is 0. The lowest BCUT2D eigenvalue weighted by atomic mass is 9.86. The smallest absolute Gasteiger partial charge is 0.217 e. The molecule has 104 valence electrons. The Morgan fingerprint density at radius 1 is 1.67 bits per heavy atom. The number of amides is 1. The van der Waals surface area contributed by atoms with Gasteiger partial charge in [-0.05, 0) is 26.2 Å². The predicted octanol–water partition coefficient (Wildman–Crippen LogP) is 0.789. The number of aliphatic hydroxyl groups excluding tert-OH is 1. The maximum Gasteiger partial charge on any atom is 0.217 e. The average Bonchev–Trinajstić information content (AvgIpc) is 2.30. The molecule has 0 saturated carbocycles. The zero-order valence-corrected chi connectivity index (χ0v) is 11.3. The summed E-state index contributed by atoms with van der Waals surface area (Å²) in [6, 6.07) is -0.128. The van der Waals surface area contributed by atoms with Crippen LogP contribution in [0.4, 0.5) is 0 Å². The normalized spacial score (nSPS) is 33.8. The fourth-order valence-electron chi connectivity index (χ4n) is 2.43. The summed E-state index contributed by atoms with van der Waals surface area (Å²) in [6.07, 6.45) is 2.35. The molecule has 18 heavy (non-hydrogen) atoms. The number of rotatable bonds is 5.